The molecule has 0 radical (unpaired) electrons. The molecule has 0 saturated heterocycles. The summed E-state index contributed by atoms with van der Waals surface area (Å²) in [4.78, 5) is 12.4. The van der Waals surface area contributed by atoms with Crippen LogP contribution in [0.25, 0.3) is 0 Å². The molecule has 0 aliphatic rings. The fourth-order valence-corrected chi connectivity index (χ4v) is 3.58. The summed E-state index contributed by atoms with van der Waals surface area (Å²) in [7, 11) is -1.07. The smallest absolute Gasteiger partial charge is 0.307 e. The first-order valence-electron chi connectivity index (χ1n) is 5.36. The van der Waals surface area contributed by atoms with Gasteiger partial charge >= 0.3 is 5.97 Å². The van der Waals surface area contributed by atoms with Gasteiger partial charge in [0.2, 0.25) is 0 Å². The molecule has 18 heavy (non-hydrogen) atoms. The SMILES string of the molecule is O=C(O)Cc1ccc(S(=O)Cc2cccs2)cc1. The molecule has 1 heterocycles. The van der Waals surface area contributed by atoms with E-state index in [1.54, 1.807) is 35.6 Å². The van der Waals surface area contributed by atoms with E-state index >= 15 is 0 Å². The van der Waals surface area contributed by atoms with E-state index in [9.17, 15) is 9.00 Å². The molecule has 1 unspecified atom stereocenters. The summed E-state index contributed by atoms with van der Waals surface area (Å²) in [6.45, 7) is 0. The molecular formula is C13H12O3S2. The maximum absolute atomic E-state index is 12.0. The Kier molecular flexibility index (Phi) is 4.28. The van der Waals surface area contributed by atoms with E-state index < -0.39 is 16.8 Å². The van der Waals surface area contributed by atoms with Crippen molar-refractivity contribution in [1.29, 1.82) is 0 Å². The summed E-state index contributed by atoms with van der Waals surface area (Å²) in [5, 5.41) is 10.6. The van der Waals surface area contributed by atoms with Crippen molar-refractivity contribution in [3.63, 3.8) is 0 Å². The molecule has 0 aliphatic heterocycles. The number of carbonyl (C=O) groups is 1. The van der Waals surface area contributed by atoms with Gasteiger partial charge in [-0.15, -0.1) is 11.3 Å². The molecule has 2 aromatic rings. The number of aliphatic carboxylic acids is 1. The summed E-state index contributed by atoms with van der Waals surface area (Å²) in [5.74, 6) is -0.349. The lowest BCUT2D eigenvalue weighted by atomic mass is 10.2. The molecule has 1 aromatic heterocycles. The van der Waals surface area contributed by atoms with Gasteiger partial charge in [-0.2, -0.15) is 0 Å². The minimum Gasteiger partial charge on any atom is -0.481 e. The van der Waals surface area contributed by atoms with Crippen LogP contribution >= 0.6 is 11.3 Å². The summed E-state index contributed by atoms with van der Waals surface area (Å²) in [6.07, 6.45) is -0.00214. The Balaban J connectivity index is 2.05. The predicted octanol–water partition coefficient (Wildman–Crippen LogP) is 2.68. The minimum atomic E-state index is -1.07. The number of carboxylic acid groups (broad SMARTS) is 1. The molecule has 3 nitrogen and oxygen atoms in total. The number of hydrogen-bond donors (Lipinski definition) is 1. The van der Waals surface area contributed by atoms with Crippen molar-refractivity contribution in [2.75, 3.05) is 0 Å². The van der Waals surface area contributed by atoms with E-state index in [1.807, 2.05) is 17.5 Å². The van der Waals surface area contributed by atoms with Crippen LogP contribution in [0.2, 0.25) is 0 Å². The van der Waals surface area contributed by atoms with Gasteiger partial charge in [-0.1, -0.05) is 18.2 Å². The Morgan fingerprint density at radius 2 is 1.94 bits per heavy atom. The highest BCUT2D eigenvalue weighted by atomic mass is 32.2. The van der Waals surface area contributed by atoms with E-state index in [1.165, 1.54) is 0 Å². The van der Waals surface area contributed by atoms with Crippen LogP contribution in [0.4, 0.5) is 0 Å². The highest BCUT2D eigenvalue weighted by molar-refractivity contribution is 7.84. The first kappa shape index (κ1) is 13.0. The van der Waals surface area contributed by atoms with E-state index in [-0.39, 0.29) is 6.42 Å². The van der Waals surface area contributed by atoms with Crippen molar-refractivity contribution in [1.82, 2.24) is 0 Å². The van der Waals surface area contributed by atoms with Crippen molar-refractivity contribution >= 4 is 28.1 Å². The molecule has 1 N–H and O–H groups in total. The van der Waals surface area contributed by atoms with Gasteiger partial charge in [-0.25, -0.2) is 0 Å². The van der Waals surface area contributed by atoms with Crippen LogP contribution in [-0.4, -0.2) is 15.3 Å². The largest absolute Gasteiger partial charge is 0.481 e. The maximum atomic E-state index is 12.0. The second kappa shape index (κ2) is 5.93. The number of carboxylic acids is 1. The Hall–Kier alpha value is -1.46. The summed E-state index contributed by atoms with van der Waals surface area (Å²) < 4.78 is 12.0. The van der Waals surface area contributed by atoms with Crippen molar-refractivity contribution in [2.45, 2.75) is 17.1 Å². The molecule has 1 aromatic carbocycles. The number of thiophene rings is 1. The van der Waals surface area contributed by atoms with Gasteiger partial charge in [0.05, 0.1) is 23.0 Å². The molecule has 0 bridgehead atoms. The second-order valence-corrected chi connectivity index (χ2v) is 6.27. The number of rotatable bonds is 5. The maximum Gasteiger partial charge on any atom is 0.307 e. The van der Waals surface area contributed by atoms with Crippen LogP contribution in [0, 0.1) is 0 Å². The van der Waals surface area contributed by atoms with Crippen LogP contribution in [0.3, 0.4) is 0 Å². The van der Waals surface area contributed by atoms with Gasteiger partial charge < -0.3 is 5.11 Å². The van der Waals surface area contributed by atoms with Crippen LogP contribution in [0.5, 0.6) is 0 Å². The lowest BCUT2D eigenvalue weighted by Crippen LogP contribution is -2.00. The van der Waals surface area contributed by atoms with Crippen LogP contribution in [0.15, 0.2) is 46.7 Å². The lowest BCUT2D eigenvalue weighted by Gasteiger charge is -2.02. The third-order valence-corrected chi connectivity index (χ3v) is 4.83. The van der Waals surface area contributed by atoms with Crippen molar-refractivity contribution in [3.05, 3.63) is 52.2 Å². The summed E-state index contributed by atoms with van der Waals surface area (Å²) in [6, 6.07) is 10.8. The van der Waals surface area contributed by atoms with Gasteiger partial charge in [0.15, 0.2) is 0 Å². The Morgan fingerprint density at radius 3 is 2.50 bits per heavy atom. The fraction of sp³-hybridized carbons (Fsp3) is 0.154. The van der Waals surface area contributed by atoms with Gasteiger partial charge in [0.1, 0.15) is 0 Å². The topological polar surface area (TPSA) is 54.4 Å². The summed E-state index contributed by atoms with van der Waals surface area (Å²) in [5.41, 5.74) is 0.722. The van der Waals surface area contributed by atoms with E-state index in [4.69, 9.17) is 5.11 Å². The molecule has 94 valence electrons. The zero-order chi connectivity index (χ0) is 13.0. The van der Waals surface area contributed by atoms with Crippen LogP contribution in [-0.2, 0) is 27.8 Å². The number of benzene rings is 1. The van der Waals surface area contributed by atoms with Crippen molar-refractivity contribution in [3.8, 4) is 0 Å². The lowest BCUT2D eigenvalue weighted by molar-refractivity contribution is -0.136. The zero-order valence-electron chi connectivity index (χ0n) is 9.54. The average molecular weight is 280 g/mol. The van der Waals surface area contributed by atoms with E-state index in [0.717, 1.165) is 15.3 Å². The second-order valence-electron chi connectivity index (χ2n) is 3.78. The van der Waals surface area contributed by atoms with Crippen LogP contribution in [0.1, 0.15) is 10.4 Å². The van der Waals surface area contributed by atoms with Gasteiger partial charge in [-0.05, 0) is 29.1 Å². The van der Waals surface area contributed by atoms with Crippen LogP contribution < -0.4 is 0 Å². The predicted molar refractivity (Wildman–Crippen MR) is 72.2 cm³/mol. The van der Waals surface area contributed by atoms with Gasteiger partial charge in [-0.3, -0.25) is 9.00 Å². The standard InChI is InChI=1S/C13H12O3S2/c14-13(15)8-10-3-5-12(6-4-10)18(16)9-11-2-1-7-17-11/h1-7H,8-9H2,(H,14,15). The Morgan fingerprint density at radius 1 is 1.22 bits per heavy atom. The molecule has 1 atom stereocenters. The average Bonchev–Trinajstić information content (AvgIpc) is 2.82. The molecule has 0 aliphatic carbocycles. The molecule has 0 saturated carbocycles. The Labute approximate surface area is 112 Å². The molecular weight excluding hydrogens is 268 g/mol. The first-order chi connectivity index (χ1) is 8.65. The molecule has 0 amide bonds. The molecule has 5 heteroatoms. The monoisotopic (exact) mass is 280 g/mol. The molecule has 0 fully saturated rings. The van der Waals surface area contributed by atoms with E-state index in [2.05, 4.69) is 0 Å². The van der Waals surface area contributed by atoms with Gasteiger partial charge in [0.25, 0.3) is 0 Å². The van der Waals surface area contributed by atoms with E-state index in [0.29, 0.717) is 5.75 Å². The molecule has 0 spiro atoms. The fourth-order valence-electron chi connectivity index (χ4n) is 1.54. The van der Waals surface area contributed by atoms with Gasteiger partial charge in [0, 0.05) is 9.77 Å². The normalized spacial score (nSPS) is 12.2. The highest BCUT2D eigenvalue weighted by Crippen LogP contribution is 2.17. The third-order valence-electron chi connectivity index (χ3n) is 2.40. The molecule has 2 rings (SSSR count). The third kappa shape index (κ3) is 3.51. The zero-order valence-corrected chi connectivity index (χ0v) is 11.2. The minimum absolute atomic E-state index is 0.00214. The quantitative estimate of drug-likeness (QED) is 0.916. The van der Waals surface area contributed by atoms with Crippen molar-refractivity contribution < 1.29 is 14.1 Å². The summed E-state index contributed by atoms with van der Waals surface area (Å²) >= 11 is 1.59. The van der Waals surface area contributed by atoms with Crippen molar-refractivity contribution in [2.24, 2.45) is 0 Å². The number of hydrogen-bond acceptors (Lipinski definition) is 3. The highest BCUT2D eigenvalue weighted by Gasteiger charge is 2.07. The first-order valence-corrected chi connectivity index (χ1v) is 7.56. The Bertz CT molecular complexity index is 544.